The van der Waals surface area contributed by atoms with E-state index in [1.54, 1.807) is 12.1 Å². The molecule has 0 spiro atoms. The van der Waals surface area contributed by atoms with Gasteiger partial charge in [-0.2, -0.15) is 4.98 Å². The molecule has 1 saturated carbocycles. The summed E-state index contributed by atoms with van der Waals surface area (Å²) in [6.45, 7) is 1.88. The number of nitrogens with zero attached hydrogens (tertiary/aromatic N) is 3. The van der Waals surface area contributed by atoms with Gasteiger partial charge in [0, 0.05) is 6.04 Å². The molecule has 1 aromatic carbocycles. The van der Waals surface area contributed by atoms with Gasteiger partial charge in [-0.25, -0.2) is 9.37 Å². The quantitative estimate of drug-likeness (QED) is 0.627. The van der Waals surface area contributed by atoms with Crippen LogP contribution in [0.2, 0.25) is 0 Å². The molecule has 0 amide bonds. The molecule has 3 rings (SSSR count). The standard InChI is InChI=1S/C15H16FN5O2/c1-9(10-2-4-11(16)5-3-10)18-15-17-8-13(21(22)23)14(20-15)19-12-6-7-12/h2-5,8-9,12H,6-7H2,1H3,(H2,17,18,19,20). The molecule has 0 radical (unpaired) electrons. The molecule has 1 aromatic heterocycles. The van der Waals surface area contributed by atoms with Crippen LogP contribution in [0.5, 0.6) is 0 Å². The second-order valence-corrected chi connectivity index (χ2v) is 5.52. The highest BCUT2D eigenvalue weighted by Crippen LogP contribution is 2.30. The minimum atomic E-state index is -0.502. The molecule has 0 aliphatic heterocycles. The van der Waals surface area contributed by atoms with E-state index in [1.807, 2.05) is 6.92 Å². The summed E-state index contributed by atoms with van der Waals surface area (Å²) in [6, 6.07) is 6.18. The van der Waals surface area contributed by atoms with Gasteiger partial charge in [0.25, 0.3) is 0 Å². The van der Waals surface area contributed by atoms with E-state index in [-0.39, 0.29) is 35.4 Å². The van der Waals surface area contributed by atoms with E-state index in [0.29, 0.717) is 0 Å². The Morgan fingerprint density at radius 3 is 2.65 bits per heavy atom. The van der Waals surface area contributed by atoms with Crippen LogP contribution >= 0.6 is 0 Å². The van der Waals surface area contributed by atoms with Gasteiger partial charge in [-0.1, -0.05) is 12.1 Å². The van der Waals surface area contributed by atoms with Crippen molar-refractivity contribution in [3.05, 3.63) is 52.0 Å². The molecule has 0 saturated heterocycles. The zero-order valence-corrected chi connectivity index (χ0v) is 12.5. The minimum Gasteiger partial charge on any atom is -0.361 e. The number of halogens is 1. The van der Waals surface area contributed by atoms with Crippen LogP contribution in [0.25, 0.3) is 0 Å². The number of benzene rings is 1. The smallest absolute Gasteiger partial charge is 0.329 e. The number of aromatic nitrogens is 2. The second kappa shape index (κ2) is 6.15. The van der Waals surface area contributed by atoms with Crippen molar-refractivity contribution in [1.82, 2.24) is 9.97 Å². The molecule has 1 unspecified atom stereocenters. The van der Waals surface area contributed by atoms with Crippen LogP contribution < -0.4 is 10.6 Å². The topological polar surface area (TPSA) is 93.0 Å². The summed E-state index contributed by atoms with van der Waals surface area (Å²) in [4.78, 5) is 18.7. The molecule has 2 N–H and O–H groups in total. The molecule has 23 heavy (non-hydrogen) atoms. The summed E-state index contributed by atoms with van der Waals surface area (Å²) in [5, 5.41) is 17.2. The van der Waals surface area contributed by atoms with E-state index < -0.39 is 4.92 Å². The molecule has 7 nitrogen and oxygen atoms in total. The van der Waals surface area contributed by atoms with Gasteiger partial charge < -0.3 is 10.6 Å². The van der Waals surface area contributed by atoms with Gasteiger partial charge in [-0.3, -0.25) is 10.1 Å². The minimum absolute atomic E-state index is 0.142. The van der Waals surface area contributed by atoms with E-state index in [2.05, 4.69) is 20.6 Å². The molecular formula is C15H16FN5O2. The van der Waals surface area contributed by atoms with Crippen LogP contribution in [0.15, 0.2) is 30.5 Å². The van der Waals surface area contributed by atoms with Crippen molar-refractivity contribution in [3.8, 4) is 0 Å². The molecule has 1 fully saturated rings. The maximum Gasteiger partial charge on any atom is 0.329 e. The molecule has 1 heterocycles. The highest BCUT2D eigenvalue weighted by atomic mass is 19.1. The number of nitrogens with one attached hydrogen (secondary N) is 2. The Morgan fingerprint density at radius 2 is 2.04 bits per heavy atom. The highest BCUT2D eigenvalue weighted by molar-refractivity contribution is 5.58. The lowest BCUT2D eigenvalue weighted by molar-refractivity contribution is -0.384. The van der Waals surface area contributed by atoms with Crippen LogP contribution in [0.4, 0.5) is 21.8 Å². The van der Waals surface area contributed by atoms with Crippen molar-refractivity contribution < 1.29 is 9.31 Å². The van der Waals surface area contributed by atoms with Crippen molar-refractivity contribution in [2.45, 2.75) is 31.8 Å². The summed E-state index contributed by atoms with van der Waals surface area (Å²) in [6.07, 6.45) is 3.16. The molecular weight excluding hydrogens is 301 g/mol. The third-order valence-corrected chi connectivity index (χ3v) is 3.60. The molecule has 2 aromatic rings. The largest absolute Gasteiger partial charge is 0.361 e. The first-order valence-corrected chi connectivity index (χ1v) is 7.33. The van der Waals surface area contributed by atoms with Gasteiger partial charge in [-0.15, -0.1) is 0 Å². The number of rotatable bonds is 6. The van der Waals surface area contributed by atoms with Crippen LogP contribution in [0.1, 0.15) is 31.4 Å². The first kappa shape index (κ1) is 15.1. The predicted molar refractivity (Wildman–Crippen MR) is 83.8 cm³/mol. The fourth-order valence-electron chi connectivity index (χ4n) is 2.13. The van der Waals surface area contributed by atoms with Gasteiger partial charge in [0.1, 0.15) is 12.0 Å². The molecule has 8 heteroatoms. The van der Waals surface area contributed by atoms with Crippen molar-refractivity contribution in [2.75, 3.05) is 10.6 Å². The van der Waals surface area contributed by atoms with E-state index in [1.165, 1.54) is 18.3 Å². The fraction of sp³-hybridized carbons (Fsp3) is 0.333. The van der Waals surface area contributed by atoms with Crippen LogP contribution in [-0.4, -0.2) is 20.9 Å². The summed E-state index contributed by atoms with van der Waals surface area (Å²) in [5.41, 5.74) is 0.724. The molecule has 0 bridgehead atoms. The Hall–Kier alpha value is -2.77. The highest BCUT2D eigenvalue weighted by Gasteiger charge is 2.26. The average molecular weight is 317 g/mol. The number of hydrogen-bond donors (Lipinski definition) is 2. The predicted octanol–water partition coefficient (Wildman–Crippen LogP) is 3.27. The fourth-order valence-corrected chi connectivity index (χ4v) is 2.13. The third kappa shape index (κ3) is 3.71. The van der Waals surface area contributed by atoms with Gasteiger partial charge >= 0.3 is 5.69 Å². The van der Waals surface area contributed by atoms with Gasteiger partial charge in [0.2, 0.25) is 11.8 Å². The first-order chi connectivity index (χ1) is 11.0. The Balaban J connectivity index is 1.79. The van der Waals surface area contributed by atoms with Crippen molar-refractivity contribution >= 4 is 17.5 Å². The molecule has 120 valence electrons. The van der Waals surface area contributed by atoms with Gasteiger partial charge in [0.05, 0.1) is 11.0 Å². The van der Waals surface area contributed by atoms with Gasteiger partial charge in [-0.05, 0) is 37.5 Å². The first-order valence-electron chi connectivity index (χ1n) is 7.33. The zero-order valence-electron chi connectivity index (χ0n) is 12.5. The van der Waals surface area contributed by atoms with Crippen LogP contribution in [0.3, 0.4) is 0 Å². The summed E-state index contributed by atoms with van der Waals surface area (Å²) in [7, 11) is 0. The second-order valence-electron chi connectivity index (χ2n) is 5.52. The van der Waals surface area contributed by atoms with E-state index >= 15 is 0 Å². The Bertz CT molecular complexity index is 718. The van der Waals surface area contributed by atoms with Crippen molar-refractivity contribution in [3.63, 3.8) is 0 Å². The maximum absolute atomic E-state index is 13.0. The summed E-state index contributed by atoms with van der Waals surface area (Å²) < 4.78 is 13.0. The van der Waals surface area contributed by atoms with Crippen molar-refractivity contribution in [2.24, 2.45) is 0 Å². The average Bonchev–Trinajstić information content (AvgIpc) is 3.32. The van der Waals surface area contributed by atoms with Crippen LogP contribution in [0, 0.1) is 15.9 Å². The Kier molecular flexibility index (Phi) is 4.05. The van der Waals surface area contributed by atoms with Gasteiger partial charge in [0.15, 0.2) is 0 Å². The van der Waals surface area contributed by atoms with E-state index in [0.717, 1.165) is 18.4 Å². The van der Waals surface area contributed by atoms with Crippen LogP contribution in [-0.2, 0) is 0 Å². The van der Waals surface area contributed by atoms with E-state index in [9.17, 15) is 14.5 Å². The SMILES string of the molecule is CC(Nc1ncc([N+](=O)[O-])c(NC2CC2)n1)c1ccc(F)cc1. The molecule has 1 aliphatic carbocycles. The van der Waals surface area contributed by atoms with Crippen molar-refractivity contribution in [1.29, 1.82) is 0 Å². The Morgan fingerprint density at radius 1 is 1.35 bits per heavy atom. The lowest BCUT2D eigenvalue weighted by atomic mass is 10.1. The monoisotopic (exact) mass is 317 g/mol. The normalized spacial score (nSPS) is 15.0. The molecule has 1 aliphatic rings. The Labute approximate surface area is 132 Å². The number of nitro groups is 1. The lowest BCUT2D eigenvalue weighted by Crippen LogP contribution is -2.12. The molecule has 1 atom stereocenters. The third-order valence-electron chi connectivity index (χ3n) is 3.60. The summed E-state index contributed by atoms with van der Waals surface area (Å²) >= 11 is 0. The number of hydrogen-bond acceptors (Lipinski definition) is 6. The maximum atomic E-state index is 13.0. The number of anilines is 2. The van der Waals surface area contributed by atoms with E-state index in [4.69, 9.17) is 0 Å². The lowest BCUT2D eigenvalue weighted by Gasteiger charge is -2.15. The zero-order chi connectivity index (χ0) is 16.4. The summed E-state index contributed by atoms with van der Waals surface area (Å²) in [5.74, 6) is 0.209.